The van der Waals surface area contributed by atoms with Gasteiger partial charge in [0.25, 0.3) is 0 Å². The molecule has 1 fully saturated rings. The van der Waals surface area contributed by atoms with Crippen LogP contribution in [-0.4, -0.2) is 47.8 Å². The predicted molar refractivity (Wildman–Crippen MR) is 115 cm³/mol. The molecule has 1 aromatic heterocycles. The normalized spacial score (nSPS) is 15.9. The predicted octanol–water partition coefficient (Wildman–Crippen LogP) is 2.78. The SMILES string of the molecule is O=C(NCCCn1cnc2ccccc21)C1CCN(S(=O)(=O)c2ccccc2F)CC1. The molecular formula is C22H25FN4O3S. The van der Waals surface area contributed by atoms with Crippen molar-refractivity contribution in [3.63, 3.8) is 0 Å². The zero-order valence-corrected chi connectivity index (χ0v) is 17.9. The molecule has 1 aliphatic rings. The fourth-order valence-corrected chi connectivity index (χ4v) is 5.48. The topological polar surface area (TPSA) is 84.3 Å². The molecule has 0 spiro atoms. The zero-order chi connectivity index (χ0) is 21.8. The van der Waals surface area contributed by atoms with Crippen LogP contribution in [0.15, 0.2) is 59.8 Å². The molecule has 3 aromatic rings. The summed E-state index contributed by atoms with van der Waals surface area (Å²) in [7, 11) is -3.89. The lowest BCUT2D eigenvalue weighted by Crippen LogP contribution is -2.43. The first-order valence-corrected chi connectivity index (χ1v) is 11.8. The monoisotopic (exact) mass is 444 g/mol. The Morgan fingerprint density at radius 2 is 1.81 bits per heavy atom. The summed E-state index contributed by atoms with van der Waals surface area (Å²) >= 11 is 0. The summed E-state index contributed by atoms with van der Waals surface area (Å²) in [5.41, 5.74) is 2.01. The summed E-state index contributed by atoms with van der Waals surface area (Å²) in [5.74, 6) is -1.05. The molecule has 1 saturated heterocycles. The second-order valence-corrected chi connectivity index (χ2v) is 9.59. The number of piperidine rings is 1. The standard InChI is InChI=1S/C22H25FN4O3S/c23-18-6-1-4-9-21(18)31(29,30)27-14-10-17(11-15-27)22(28)24-12-5-13-26-16-25-19-7-2-3-8-20(19)26/h1-4,6-9,16-17H,5,10-15H2,(H,24,28). The van der Waals surface area contributed by atoms with E-state index < -0.39 is 15.8 Å². The molecule has 2 aromatic carbocycles. The number of benzene rings is 2. The Morgan fingerprint density at radius 1 is 1.10 bits per heavy atom. The van der Waals surface area contributed by atoms with E-state index in [1.807, 2.05) is 24.3 Å². The molecule has 0 aliphatic carbocycles. The van der Waals surface area contributed by atoms with Gasteiger partial charge < -0.3 is 9.88 Å². The van der Waals surface area contributed by atoms with Crippen LogP contribution in [0.4, 0.5) is 4.39 Å². The van der Waals surface area contributed by atoms with Crippen LogP contribution in [0.3, 0.4) is 0 Å². The van der Waals surface area contributed by atoms with E-state index in [0.717, 1.165) is 30.1 Å². The molecule has 0 unspecified atom stereocenters. The van der Waals surface area contributed by atoms with Gasteiger partial charge in [0.15, 0.2) is 0 Å². The van der Waals surface area contributed by atoms with Crippen LogP contribution >= 0.6 is 0 Å². The van der Waals surface area contributed by atoms with Crippen LogP contribution in [0.25, 0.3) is 11.0 Å². The van der Waals surface area contributed by atoms with Crippen molar-refractivity contribution in [3.05, 3.63) is 60.7 Å². The van der Waals surface area contributed by atoms with Crippen LogP contribution < -0.4 is 5.32 Å². The Bertz CT molecular complexity index is 1170. The fraction of sp³-hybridized carbons (Fsp3) is 0.364. The number of nitrogens with one attached hydrogen (secondary N) is 1. The maximum atomic E-state index is 13.9. The van der Waals surface area contributed by atoms with E-state index in [1.165, 1.54) is 22.5 Å². The van der Waals surface area contributed by atoms with Crippen molar-refractivity contribution >= 4 is 27.0 Å². The first-order chi connectivity index (χ1) is 15.0. The summed E-state index contributed by atoms with van der Waals surface area (Å²) in [6.07, 6.45) is 3.42. The number of amides is 1. The van der Waals surface area contributed by atoms with Gasteiger partial charge in [0.05, 0.1) is 17.4 Å². The van der Waals surface area contributed by atoms with E-state index >= 15 is 0 Å². The Hall–Kier alpha value is -2.78. The van der Waals surface area contributed by atoms with Gasteiger partial charge in [-0.1, -0.05) is 24.3 Å². The lowest BCUT2D eigenvalue weighted by molar-refractivity contribution is -0.126. The highest BCUT2D eigenvalue weighted by Crippen LogP contribution is 2.25. The third kappa shape index (κ3) is 4.62. The number of aromatic nitrogens is 2. The molecule has 0 radical (unpaired) electrons. The molecule has 0 saturated carbocycles. The Balaban J connectivity index is 1.24. The molecule has 0 bridgehead atoms. The molecule has 31 heavy (non-hydrogen) atoms. The minimum atomic E-state index is -3.89. The van der Waals surface area contributed by atoms with Gasteiger partial charge in [-0.25, -0.2) is 17.8 Å². The lowest BCUT2D eigenvalue weighted by atomic mass is 9.97. The smallest absolute Gasteiger partial charge is 0.245 e. The van der Waals surface area contributed by atoms with E-state index in [-0.39, 0.29) is 29.8 Å². The van der Waals surface area contributed by atoms with E-state index in [9.17, 15) is 17.6 Å². The molecule has 9 heteroatoms. The van der Waals surface area contributed by atoms with Gasteiger partial charge in [-0.3, -0.25) is 4.79 Å². The molecule has 1 aliphatic heterocycles. The number of hydrogen-bond acceptors (Lipinski definition) is 4. The molecule has 1 N–H and O–H groups in total. The maximum Gasteiger partial charge on any atom is 0.245 e. The summed E-state index contributed by atoms with van der Waals surface area (Å²) in [4.78, 5) is 16.5. The van der Waals surface area contributed by atoms with Crippen molar-refractivity contribution in [2.24, 2.45) is 5.92 Å². The molecular weight excluding hydrogens is 419 g/mol. The number of aryl methyl sites for hydroxylation is 1. The minimum absolute atomic E-state index is 0.0570. The van der Waals surface area contributed by atoms with E-state index in [1.54, 1.807) is 6.33 Å². The number of halogens is 1. The number of imidazole rings is 1. The molecule has 7 nitrogen and oxygen atoms in total. The van der Waals surface area contributed by atoms with Crippen molar-refractivity contribution in [2.75, 3.05) is 19.6 Å². The Kier molecular flexibility index (Phi) is 6.33. The summed E-state index contributed by atoms with van der Waals surface area (Å²) in [6.45, 7) is 1.70. The van der Waals surface area contributed by atoms with Crippen LogP contribution in [0, 0.1) is 11.7 Å². The van der Waals surface area contributed by atoms with Crippen LogP contribution in [-0.2, 0) is 21.4 Å². The first-order valence-electron chi connectivity index (χ1n) is 10.4. The summed E-state index contributed by atoms with van der Waals surface area (Å²) in [5, 5.41) is 2.96. The van der Waals surface area contributed by atoms with E-state index in [0.29, 0.717) is 19.4 Å². The highest BCUT2D eigenvalue weighted by molar-refractivity contribution is 7.89. The number of sulfonamides is 1. The van der Waals surface area contributed by atoms with Gasteiger partial charge in [0.2, 0.25) is 15.9 Å². The van der Waals surface area contributed by atoms with Crippen molar-refractivity contribution in [1.29, 1.82) is 0 Å². The Morgan fingerprint density at radius 3 is 2.58 bits per heavy atom. The highest BCUT2D eigenvalue weighted by Gasteiger charge is 2.33. The van der Waals surface area contributed by atoms with Crippen molar-refractivity contribution in [1.82, 2.24) is 19.2 Å². The minimum Gasteiger partial charge on any atom is -0.356 e. The molecule has 2 heterocycles. The lowest BCUT2D eigenvalue weighted by Gasteiger charge is -2.30. The fourth-order valence-electron chi connectivity index (χ4n) is 3.95. The first kappa shape index (κ1) is 21.5. The quantitative estimate of drug-likeness (QED) is 0.568. The van der Waals surface area contributed by atoms with E-state index in [4.69, 9.17) is 0 Å². The van der Waals surface area contributed by atoms with Gasteiger partial charge in [-0.2, -0.15) is 4.31 Å². The second kappa shape index (κ2) is 9.15. The second-order valence-electron chi connectivity index (χ2n) is 7.68. The average Bonchev–Trinajstić information content (AvgIpc) is 3.20. The number of carbonyl (C=O) groups is 1. The highest BCUT2D eigenvalue weighted by atomic mass is 32.2. The van der Waals surface area contributed by atoms with Crippen molar-refractivity contribution in [2.45, 2.75) is 30.7 Å². The molecule has 0 atom stereocenters. The van der Waals surface area contributed by atoms with Crippen LogP contribution in [0.5, 0.6) is 0 Å². The van der Waals surface area contributed by atoms with Gasteiger partial charge in [-0.15, -0.1) is 0 Å². The number of rotatable bonds is 7. The van der Waals surface area contributed by atoms with Crippen molar-refractivity contribution in [3.8, 4) is 0 Å². The van der Waals surface area contributed by atoms with Gasteiger partial charge in [0.1, 0.15) is 10.7 Å². The number of hydrogen-bond donors (Lipinski definition) is 1. The number of nitrogens with zero attached hydrogens (tertiary/aromatic N) is 3. The molecule has 1 amide bonds. The number of para-hydroxylation sites is 2. The van der Waals surface area contributed by atoms with Gasteiger partial charge >= 0.3 is 0 Å². The Labute approximate surface area is 180 Å². The van der Waals surface area contributed by atoms with Gasteiger partial charge in [-0.05, 0) is 43.5 Å². The largest absolute Gasteiger partial charge is 0.356 e. The van der Waals surface area contributed by atoms with E-state index in [2.05, 4.69) is 14.9 Å². The zero-order valence-electron chi connectivity index (χ0n) is 17.1. The van der Waals surface area contributed by atoms with Crippen LogP contribution in [0.1, 0.15) is 19.3 Å². The number of carbonyl (C=O) groups excluding carboxylic acids is 1. The third-order valence-corrected chi connectivity index (χ3v) is 7.61. The molecule has 4 rings (SSSR count). The molecule has 164 valence electrons. The van der Waals surface area contributed by atoms with Crippen molar-refractivity contribution < 1.29 is 17.6 Å². The maximum absolute atomic E-state index is 13.9. The number of fused-ring (bicyclic) bond motifs is 1. The summed E-state index contributed by atoms with van der Waals surface area (Å²) in [6, 6.07) is 13.3. The average molecular weight is 445 g/mol. The third-order valence-electron chi connectivity index (χ3n) is 5.68. The van der Waals surface area contributed by atoms with Crippen LogP contribution in [0.2, 0.25) is 0 Å². The summed E-state index contributed by atoms with van der Waals surface area (Å²) < 4.78 is 42.6. The van der Waals surface area contributed by atoms with Gasteiger partial charge in [0, 0.05) is 32.1 Å².